The summed E-state index contributed by atoms with van der Waals surface area (Å²) in [6.07, 6.45) is 2.49. The van der Waals surface area contributed by atoms with Crippen LogP contribution in [-0.4, -0.2) is 42.0 Å². The summed E-state index contributed by atoms with van der Waals surface area (Å²) in [5.41, 5.74) is 1.68. The lowest BCUT2D eigenvalue weighted by Gasteiger charge is -2.15. The van der Waals surface area contributed by atoms with Crippen molar-refractivity contribution in [3.05, 3.63) is 27.4 Å². The Morgan fingerprint density at radius 3 is 2.87 bits per heavy atom. The summed E-state index contributed by atoms with van der Waals surface area (Å²) in [6.45, 7) is 1.80. The molecule has 2 rings (SSSR count). The Bertz CT molecular complexity index is 668. The molecular formula is C15H18N2O3S3. The molecule has 0 spiro atoms. The first-order chi connectivity index (χ1) is 11.1. The molecule has 23 heavy (non-hydrogen) atoms. The van der Waals surface area contributed by atoms with Crippen LogP contribution in [-0.2, 0) is 9.53 Å². The third-order valence-electron chi connectivity index (χ3n) is 3.17. The average molecular weight is 371 g/mol. The number of nitrogens with zero attached hydrogens (tertiary/aromatic N) is 1. The highest BCUT2D eigenvalue weighted by Gasteiger charge is 2.24. The van der Waals surface area contributed by atoms with Gasteiger partial charge in [0.15, 0.2) is 0 Å². The van der Waals surface area contributed by atoms with Gasteiger partial charge in [-0.1, -0.05) is 0 Å². The number of rotatable bonds is 7. The van der Waals surface area contributed by atoms with Crippen molar-refractivity contribution in [3.63, 3.8) is 0 Å². The lowest BCUT2D eigenvalue weighted by Crippen LogP contribution is -2.41. The van der Waals surface area contributed by atoms with Gasteiger partial charge in [0.25, 0.3) is 5.91 Å². The van der Waals surface area contributed by atoms with Gasteiger partial charge in [0.05, 0.1) is 12.8 Å². The van der Waals surface area contributed by atoms with Gasteiger partial charge in [-0.05, 0) is 36.8 Å². The Kier molecular flexibility index (Phi) is 6.61. The molecule has 1 N–H and O–H groups in total. The molecule has 0 unspecified atom stereocenters. The van der Waals surface area contributed by atoms with Crippen molar-refractivity contribution in [2.45, 2.75) is 19.4 Å². The summed E-state index contributed by atoms with van der Waals surface area (Å²) in [5, 5.41) is 7.55. The fraction of sp³-hybridized carbons (Fsp3) is 0.400. The van der Waals surface area contributed by atoms with Gasteiger partial charge in [0, 0.05) is 10.9 Å². The van der Waals surface area contributed by atoms with E-state index in [1.807, 2.05) is 23.1 Å². The number of ether oxygens (including phenoxy) is 1. The first-order valence-corrected chi connectivity index (χ1v) is 10.1. The molecule has 0 aliphatic carbocycles. The van der Waals surface area contributed by atoms with Gasteiger partial charge in [0.1, 0.15) is 15.9 Å². The van der Waals surface area contributed by atoms with E-state index in [2.05, 4.69) is 10.3 Å². The molecule has 124 valence electrons. The number of hydrogen-bond donors (Lipinski definition) is 1. The zero-order valence-corrected chi connectivity index (χ0v) is 15.6. The summed E-state index contributed by atoms with van der Waals surface area (Å²) >= 11 is 4.54. The molecule has 2 aromatic heterocycles. The van der Waals surface area contributed by atoms with Crippen LogP contribution in [0.2, 0.25) is 0 Å². The number of thiophene rings is 1. The number of amides is 1. The second kappa shape index (κ2) is 8.47. The fourth-order valence-corrected chi connectivity index (χ4v) is 4.12. The first kappa shape index (κ1) is 18.0. The largest absolute Gasteiger partial charge is 0.467 e. The maximum Gasteiger partial charge on any atom is 0.328 e. The van der Waals surface area contributed by atoms with E-state index in [0.29, 0.717) is 17.0 Å². The molecule has 0 bridgehead atoms. The van der Waals surface area contributed by atoms with Gasteiger partial charge in [-0.25, -0.2) is 9.78 Å². The van der Waals surface area contributed by atoms with E-state index >= 15 is 0 Å². The van der Waals surface area contributed by atoms with E-state index < -0.39 is 12.0 Å². The Labute approximate surface area is 147 Å². The number of methoxy groups -OCH3 is 1. The third kappa shape index (κ3) is 4.55. The van der Waals surface area contributed by atoms with Crippen LogP contribution < -0.4 is 5.32 Å². The van der Waals surface area contributed by atoms with Gasteiger partial charge >= 0.3 is 5.97 Å². The monoisotopic (exact) mass is 370 g/mol. The number of nitrogens with one attached hydrogen (secondary N) is 1. The summed E-state index contributed by atoms with van der Waals surface area (Å²) in [6, 6.07) is 1.34. The molecular weight excluding hydrogens is 352 g/mol. The number of aryl methyl sites for hydroxylation is 1. The van der Waals surface area contributed by atoms with Crippen molar-refractivity contribution < 1.29 is 14.3 Å². The maximum absolute atomic E-state index is 12.5. The van der Waals surface area contributed by atoms with Crippen LogP contribution in [0.25, 0.3) is 10.6 Å². The number of thioether (sulfide) groups is 1. The zero-order valence-electron chi connectivity index (χ0n) is 13.1. The van der Waals surface area contributed by atoms with Gasteiger partial charge in [-0.3, -0.25) is 4.79 Å². The second-order valence-corrected chi connectivity index (χ2v) is 7.54. The van der Waals surface area contributed by atoms with E-state index in [4.69, 9.17) is 4.74 Å². The number of carbonyl (C=O) groups is 2. The fourth-order valence-electron chi connectivity index (χ4n) is 1.97. The van der Waals surface area contributed by atoms with Crippen molar-refractivity contribution in [2.75, 3.05) is 19.1 Å². The van der Waals surface area contributed by atoms with Crippen LogP contribution >= 0.6 is 34.4 Å². The van der Waals surface area contributed by atoms with E-state index in [0.717, 1.165) is 16.3 Å². The number of thiazole rings is 1. The smallest absolute Gasteiger partial charge is 0.328 e. The molecule has 1 atom stereocenters. The summed E-state index contributed by atoms with van der Waals surface area (Å²) < 4.78 is 4.77. The molecule has 0 saturated heterocycles. The highest BCUT2D eigenvalue weighted by atomic mass is 32.2. The van der Waals surface area contributed by atoms with E-state index in [1.54, 1.807) is 30.0 Å². The Hall–Kier alpha value is -1.38. The van der Waals surface area contributed by atoms with E-state index in [-0.39, 0.29) is 5.91 Å². The molecule has 0 aliphatic heterocycles. The molecule has 0 radical (unpaired) electrons. The van der Waals surface area contributed by atoms with Gasteiger partial charge in [-0.15, -0.1) is 11.3 Å². The minimum atomic E-state index is -0.633. The molecule has 5 nitrogen and oxygen atoms in total. The number of hydrogen-bond acceptors (Lipinski definition) is 7. The molecule has 0 aromatic carbocycles. The summed E-state index contributed by atoms with van der Waals surface area (Å²) in [7, 11) is 1.33. The topological polar surface area (TPSA) is 68.3 Å². The van der Waals surface area contributed by atoms with E-state index in [9.17, 15) is 9.59 Å². The lowest BCUT2D eigenvalue weighted by atomic mass is 10.2. The Morgan fingerprint density at radius 2 is 2.26 bits per heavy atom. The molecule has 1 amide bonds. The number of esters is 1. The summed E-state index contributed by atoms with van der Waals surface area (Å²) in [4.78, 5) is 29.3. The second-order valence-electron chi connectivity index (χ2n) is 4.78. The molecule has 2 aromatic rings. The Balaban J connectivity index is 2.14. The SMILES string of the molecule is COC(=O)[C@H](CCSC)NC(=O)c1sc(-c2ccsc2)nc1C. The van der Waals surface area contributed by atoms with E-state index in [1.165, 1.54) is 18.4 Å². The van der Waals surface area contributed by atoms with Crippen molar-refractivity contribution >= 4 is 46.3 Å². The van der Waals surface area contributed by atoms with Crippen LogP contribution in [0.1, 0.15) is 21.8 Å². The highest BCUT2D eigenvalue weighted by Crippen LogP contribution is 2.29. The standard InChI is InChI=1S/C15H18N2O3S3/c1-9-12(23-14(16-9)10-4-7-22-8-10)13(18)17-11(5-6-21-3)15(19)20-2/h4,7-8,11H,5-6H2,1-3H3,(H,17,18)/t11-/m0/s1. The van der Waals surface area contributed by atoms with Gasteiger partial charge in [0.2, 0.25) is 0 Å². The molecule has 0 aliphatic rings. The van der Waals surface area contributed by atoms with Crippen LogP contribution in [0.5, 0.6) is 0 Å². The van der Waals surface area contributed by atoms with Crippen molar-refractivity contribution in [1.82, 2.24) is 10.3 Å². The first-order valence-electron chi connectivity index (χ1n) is 6.94. The van der Waals surface area contributed by atoms with Crippen LogP contribution in [0.15, 0.2) is 16.8 Å². The lowest BCUT2D eigenvalue weighted by molar-refractivity contribution is -0.142. The quantitative estimate of drug-likeness (QED) is 0.758. The van der Waals surface area contributed by atoms with Gasteiger partial charge in [-0.2, -0.15) is 23.1 Å². The molecule has 8 heteroatoms. The van der Waals surface area contributed by atoms with Crippen molar-refractivity contribution in [3.8, 4) is 10.6 Å². The molecule has 0 fully saturated rings. The number of aromatic nitrogens is 1. The normalized spacial score (nSPS) is 12.0. The predicted molar refractivity (Wildman–Crippen MR) is 96.4 cm³/mol. The predicted octanol–water partition coefficient (Wildman–Crippen LogP) is 3.20. The third-order valence-corrected chi connectivity index (χ3v) is 5.71. The van der Waals surface area contributed by atoms with Crippen LogP contribution in [0, 0.1) is 6.92 Å². The minimum Gasteiger partial charge on any atom is -0.467 e. The average Bonchev–Trinajstić information content (AvgIpc) is 3.19. The summed E-state index contributed by atoms with van der Waals surface area (Å²) in [5.74, 6) is 0.0626. The van der Waals surface area contributed by atoms with Crippen LogP contribution in [0.4, 0.5) is 0 Å². The highest BCUT2D eigenvalue weighted by molar-refractivity contribution is 7.98. The number of carbonyl (C=O) groups excluding carboxylic acids is 2. The van der Waals surface area contributed by atoms with Crippen LogP contribution in [0.3, 0.4) is 0 Å². The Morgan fingerprint density at radius 1 is 1.48 bits per heavy atom. The van der Waals surface area contributed by atoms with Gasteiger partial charge < -0.3 is 10.1 Å². The molecule has 0 saturated carbocycles. The minimum absolute atomic E-state index is 0.280. The molecule has 2 heterocycles. The van der Waals surface area contributed by atoms with Crippen molar-refractivity contribution in [2.24, 2.45) is 0 Å². The van der Waals surface area contributed by atoms with Crippen molar-refractivity contribution in [1.29, 1.82) is 0 Å². The maximum atomic E-state index is 12.5. The zero-order chi connectivity index (χ0) is 16.8.